The van der Waals surface area contributed by atoms with Crippen LogP contribution in [0, 0.1) is 0 Å². The number of likely N-dealkylation sites (tertiary alicyclic amines) is 1. The predicted octanol–water partition coefficient (Wildman–Crippen LogP) is 1.20. The fourth-order valence-electron chi connectivity index (χ4n) is 2.09. The van der Waals surface area contributed by atoms with Crippen molar-refractivity contribution in [1.29, 1.82) is 0 Å². The van der Waals surface area contributed by atoms with Crippen molar-refractivity contribution in [1.82, 2.24) is 4.42 Å². The van der Waals surface area contributed by atoms with Crippen molar-refractivity contribution in [3.63, 3.8) is 0 Å². The van der Waals surface area contributed by atoms with Gasteiger partial charge in [0.1, 0.15) is 5.60 Å². The second-order valence-electron chi connectivity index (χ2n) is 4.95. The Morgan fingerprint density at radius 2 is 2.00 bits per heavy atom. The second kappa shape index (κ2) is 3.00. The van der Waals surface area contributed by atoms with Crippen LogP contribution >= 0.6 is 11.8 Å². The summed E-state index contributed by atoms with van der Waals surface area (Å²) in [5.74, 6) is 0. The molecule has 0 N–H and O–H groups in total. The summed E-state index contributed by atoms with van der Waals surface area (Å²) < 4.78 is 7.50. The van der Waals surface area contributed by atoms with E-state index in [1.807, 2.05) is 0 Å². The number of halogens is 1. The monoisotopic (exact) mass is 219 g/mol. The Bertz CT molecular complexity index is 258. The minimum atomic E-state index is -0.390. The van der Waals surface area contributed by atoms with Crippen LogP contribution < -0.4 is 0 Å². The van der Waals surface area contributed by atoms with Crippen LogP contribution in [0.15, 0.2) is 0 Å². The van der Waals surface area contributed by atoms with Gasteiger partial charge in [-0.15, -0.1) is 0 Å². The van der Waals surface area contributed by atoms with Gasteiger partial charge in [-0.05, 0) is 0 Å². The summed E-state index contributed by atoms with van der Waals surface area (Å²) in [6, 6.07) is 0. The number of quaternary nitrogens is 1. The number of rotatable bonds is 0. The number of carbonyl (C=O) groups is 1. The minimum Gasteiger partial charge on any atom is -0.439 e. The quantitative estimate of drug-likeness (QED) is 0.453. The van der Waals surface area contributed by atoms with Gasteiger partial charge in [0.2, 0.25) is 0 Å². The van der Waals surface area contributed by atoms with Crippen LogP contribution in [0.5, 0.6) is 0 Å². The third-order valence-corrected chi connectivity index (χ3v) is 3.53. The Hall–Kier alpha value is -0.480. The molecule has 0 aromatic carbocycles. The summed E-state index contributed by atoms with van der Waals surface area (Å²) in [5.41, 5.74) is -0.299. The van der Waals surface area contributed by atoms with Crippen LogP contribution in [0.2, 0.25) is 0 Å². The van der Waals surface area contributed by atoms with Gasteiger partial charge in [0, 0.05) is 24.6 Å². The lowest BCUT2D eigenvalue weighted by molar-refractivity contribution is -0.897. The van der Waals surface area contributed by atoms with Gasteiger partial charge >= 0.3 is 6.09 Å². The van der Waals surface area contributed by atoms with Gasteiger partial charge < -0.3 is 9.22 Å². The summed E-state index contributed by atoms with van der Waals surface area (Å²) in [6.07, 6.45) is 1.43. The molecule has 2 heterocycles. The van der Waals surface area contributed by atoms with Crippen LogP contribution in [0.3, 0.4) is 0 Å². The average Bonchev–Trinajstić information content (AvgIpc) is 2.36. The van der Waals surface area contributed by atoms with E-state index in [1.165, 1.54) is 0 Å². The van der Waals surface area contributed by atoms with Gasteiger partial charge in [0.05, 0.1) is 33.7 Å². The number of piperidine rings is 1. The molecule has 0 unspecified atom stereocenters. The molecular formula is C9H16ClN2O2+. The number of ether oxygens (including phenoxy) is 1. The van der Waals surface area contributed by atoms with Crippen molar-refractivity contribution < 1.29 is 14.0 Å². The molecular weight excluding hydrogens is 204 g/mol. The molecule has 5 heteroatoms. The average molecular weight is 220 g/mol. The largest absolute Gasteiger partial charge is 0.439 e. The maximum Gasteiger partial charge on any atom is 0.425 e. The molecule has 0 saturated carbocycles. The number of hydrogen-bond donors (Lipinski definition) is 0. The van der Waals surface area contributed by atoms with Crippen molar-refractivity contribution in [3.05, 3.63) is 0 Å². The van der Waals surface area contributed by atoms with E-state index in [1.54, 1.807) is 0 Å². The van der Waals surface area contributed by atoms with Crippen LogP contribution in [-0.2, 0) is 4.74 Å². The van der Waals surface area contributed by atoms with E-state index in [9.17, 15) is 4.79 Å². The van der Waals surface area contributed by atoms with Crippen LogP contribution in [0.4, 0.5) is 4.79 Å². The zero-order chi connectivity index (χ0) is 10.4. The van der Waals surface area contributed by atoms with Gasteiger partial charge in [-0.3, -0.25) is 0 Å². The maximum absolute atomic E-state index is 11.2. The molecule has 2 aliphatic rings. The molecule has 1 amide bonds. The van der Waals surface area contributed by atoms with E-state index >= 15 is 0 Å². The maximum atomic E-state index is 11.2. The van der Waals surface area contributed by atoms with Crippen molar-refractivity contribution in [2.45, 2.75) is 18.4 Å². The highest BCUT2D eigenvalue weighted by Gasteiger charge is 2.49. The minimum absolute atomic E-state index is 0.299. The first kappa shape index (κ1) is 10.1. The molecule has 2 rings (SSSR count). The normalized spacial score (nSPS) is 29.4. The Morgan fingerprint density at radius 1 is 1.43 bits per heavy atom. The van der Waals surface area contributed by atoms with Gasteiger partial charge in [-0.25, -0.2) is 9.21 Å². The number of carbonyl (C=O) groups excluding carboxylic acids is 1. The zero-order valence-corrected chi connectivity index (χ0v) is 9.38. The first-order valence-electron chi connectivity index (χ1n) is 4.91. The van der Waals surface area contributed by atoms with Crippen molar-refractivity contribution in [2.24, 2.45) is 0 Å². The molecule has 0 aromatic heterocycles. The lowest BCUT2D eigenvalue weighted by atomic mass is 9.91. The SMILES string of the molecule is C[N+]1(C)CCC2(CC1)CN(Cl)C(=O)O2. The summed E-state index contributed by atoms with van der Waals surface area (Å²) in [4.78, 5) is 11.2. The molecule has 0 aliphatic carbocycles. The van der Waals surface area contributed by atoms with E-state index in [2.05, 4.69) is 14.1 Å². The molecule has 4 nitrogen and oxygen atoms in total. The van der Waals surface area contributed by atoms with E-state index in [0.717, 1.165) is 34.8 Å². The van der Waals surface area contributed by atoms with Crippen LogP contribution in [-0.4, -0.2) is 54.3 Å². The summed E-state index contributed by atoms with van der Waals surface area (Å²) in [5, 5.41) is 0. The summed E-state index contributed by atoms with van der Waals surface area (Å²) in [7, 11) is 4.39. The first-order valence-corrected chi connectivity index (χ1v) is 5.25. The molecule has 2 fully saturated rings. The Balaban J connectivity index is 2.04. The van der Waals surface area contributed by atoms with Gasteiger partial charge in [0.25, 0.3) is 0 Å². The van der Waals surface area contributed by atoms with Crippen LogP contribution in [0.1, 0.15) is 12.8 Å². The highest BCUT2D eigenvalue weighted by atomic mass is 35.5. The first-order chi connectivity index (χ1) is 6.43. The number of nitrogens with zero attached hydrogens (tertiary/aromatic N) is 2. The molecule has 2 aliphatic heterocycles. The number of amides is 1. The predicted molar refractivity (Wildman–Crippen MR) is 52.8 cm³/mol. The van der Waals surface area contributed by atoms with E-state index in [-0.39, 0.29) is 11.7 Å². The van der Waals surface area contributed by atoms with Gasteiger partial charge in [-0.1, -0.05) is 0 Å². The highest BCUT2D eigenvalue weighted by Crippen LogP contribution is 2.35. The van der Waals surface area contributed by atoms with Gasteiger partial charge in [0.15, 0.2) is 0 Å². The third kappa shape index (κ3) is 1.68. The standard InChI is InChI=1S/C9H16ClN2O2/c1-12(2)5-3-9(4-6-12)7-11(10)8(13)14-9/h3-7H2,1-2H3/q+1. The fourth-order valence-corrected chi connectivity index (χ4v) is 2.35. The van der Waals surface area contributed by atoms with Gasteiger partial charge in [-0.2, -0.15) is 0 Å². The van der Waals surface area contributed by atoms with E-state index in [4.69, 9.17) is 16.5 Å². The van der Waals surface area contributed by atoms with E-state index in [0.29, 0.717) is 6.54 Å². The summed E-state index contributed by atoms with van der Waals surface area (Å²) >= 11 is 5.71. The Kier molecular flexibility index (Phi) is 2.16. The number of hydrogen-bond acceptors (Lipinski definition) is 2. The summed E-state index contributed by atoms with van der Waals surface area (Å²) in [6.45, 7) is 2.61. The van der Waals surface area contributed by atoms with Crippen LogP contribution in [0.25, 0.3) is 0 Å². The topological polar surface area (TPSA) is 29.5 Å². The Morgan fingerprint density at radius 3 is 2.43 bits per heavy atom. The van der Waals surface area contributed by atoms with Crippen molar-refractivity contribution in [3.8, 4) is 0 Å². The lowest BCUT2D eigenvalue weighted by Crippen LogP contribution is -2.53. The molecule has 0 radical (unpaired) electrons. The molecule has 14 heavy (non-hydrogen) atoms. The molecule has 0 aromatic rings. The smallest absolute Gasteiger partial charge is 0.425 e. The second-order valence-corrected chi connectivity index (χ2v) is 5.36. The fraction of sp³-hybridized carbons (Fsp3) is 0.889. The third-order valence-electron chi connectivity index (χ3n) is 3.27. The molecule has 0 atom stereocenters. The van der Waals surface area contributed by atoms with Crippen molar-refractivity contribution >= 4 is 17.9 Å². The van der Waals surface area contributed by atoms with E-state index < -0.39 is 0 Å². The molecule has 1 spiro atoms. The molecule has 0 bridgehead atoms. The zero-order valence-electron chi connectivity index (χ0n) is 8.62. The Labute approximate surface area is 89.1 Å². The lowest BCUT2D eigenvalue weighted by Gasteiger charge is -2.40. The highest BCUT2D eigenvalue weighted by molar-refractivity contribution is 6.20. The molecule has 2 saturated heterocycles. The molecule has 80 valence electrons. The van der Waals surface area contributed by atoms with Crippen molar-refractivity contribution in [2.75, 3.05) is 33.7 Å².